The Labute approximate surface area is 162 Å². The minimum Gasteiger partial charge on any atom is -0.266 e. The lowest BCUT2D eigenvalue weighted by Gasteiger charge is -2.07. The van der Waals surface area contributed by atoms with Gasteiger partial charge in [0.2, 0.25) is 0 Å². The van der Waals surface area contributed by atoms with Crippen molar-refractivity contribution in [3.63, 3.8) is 0 Å². The molecule has 27 heavy (non-hydrogen) atoms. The number of pyridine rings is 1. The number of carbonyl (C=O) groups excluding carboxylic acids is 2. The molecule has 4 aromatic rings. The van der Waals surface area contributed by atoms with Gasteiger partial charge in [0.15, 0.2) is 0 Å². The van der Waals surface area contributed by atoms with Crippen LogP contribution in [0.3, 0.4) is 0 Å². The number of hydrazine groups is 1. The fourth-order valence-corrected chi connectivity index (χ4v) is 4.30. The average Bonchev–Trinajstić information content (AvgIpc) is 3.35. The average molecular weight is 394 g/mol. The quantitative estimate of drug-likeness (QED) is 0.518. The molecule has 4 rings (SSSR count). The Bertz CT molecular complexity index is 1140. The Balaban J connectivity index is 1.46. The summed E-state index contributed by atoms with van der Waals surface area (Å²) in [5, 5.41) is 3.69. The molecule has 0 aliphatic carbocycles. The van der Waals surface area contributed by atoms with E-state index in [0.29, 0.717) is 10.6 Å². The number of hydrogen-bond donors (Lipinski definition) is 2. The molecule has 0 radical (unpaired) electrons. The van der Waals surface area contributed by atoms with Gasteiger partial charge in [0.05, 0.1) is 16.1 Å². The number of amides is 2. The van der Waals surface area contributed by atoms with Gasteiger partial charge in [-0.15, -0.1) is 22.7 Å². The molecule has 0 aliphatic rings. The summed E-state index contributed by atoms with van der Waals surface area (Å²) in [6.07, 6.45) is 0. The van der Waals surface area contributed by atoms with E-state index in [-0.39, 0.29) is 5.69 Å². The van der Waals surface area contributed by atoms with Crippen LogP contribution in [0.5, 0.6) is 0 Å². The van der Waals surface area contributed by atoms with Crippen LogP contribution < -0.4 is 10.9 Å². The fraction of sp³-hybridized carbons (Fsp3) is 0.0526. The second-order valence-corrected chi connectivity index (χ2v) is 7.66. The van der Waals surface area contributed by atoms with Gasteiger partial charge in [-0.3, -0.25) is 20.4 Å². The Hall–Kier alpha value is -3.10. The predicted octanol–water partition coefficient (Wildman–Crippen LogP) is 3.80. The summed E-state index contributed by atoms with van der Waals surface area (Å²) < 4.78 is 0. The Morgan fingerprint density at radius 3 is 2.56 bits per heavy atom. The number of thiazole rings is 1. The summed E-state index contributed by atoms with van der Waals surface area (Å²) in [6.45, 7) is 1.77. The number of thiophene rings is 1. The largest absolute Gasteiger partial charge is 0.288 e. The van der Waals surface area contributed by atoms with Crippen molar-refractivity contribution in [1.29, 1.82) is 0 Å². The topological polar surface area (TPSA) is 84.0 Å². The summed E-state index contributed by atoms with van der Waals surface area (Å²) in [5.41, 5.74) is 6.43. The maximum Gasteiger partial charge on any atom is 0.288 e. The zero-order valence-electron chi connectivity index (χ0n) is 14.2. The number of fused-ring (bicyclic) bond motifs is 1. The van der Waals surface area contributed by atoms with Crippen molar-refractivity contribution in [1.82, 2.24) is 20.8 Å². The molecule has 2 amide bonds. The Morgan fingerprint density at radius 1 is 0.926 bits per heavy atom. The molecule has 0 spiro atoms. The second kappa shape index (κ2) is 7.26. The van der Waals surface area contributed by atoms with Gasteiger partial charge in [-0.1, -0.05) is 30.3 Å². The van der Waals surface area contributed by atoms with Gasteiger partial charge in [-0.05, 0) is 30.5 Å². The van der Waals surface area contributed by atoms with E-state index in [1.165, 1.54) is 11.3 Å². The number of rotatable bonds is 3. The van der Waals surface area contributed by atoms with E-state index in [9.17, 15) is 9.59 Å². The lowest BCUT2D eigenvalue weighted by Crippen LogP contribution is -2.41. The van der Waals surface area contributed by atoms with Crippen LogP contribution in [0.15, 0.2) is 53.9 Å². The molecule has 0 aliphatic heterocycles. The van der Waals surface area contributed by atoms with Crippen LogP contribution >= 0.6 is 22.7 Å². The van der Waals surface area contributed by atoms with Crippen LogP contribution in [0.1, 0.15) is 25.9 Å². The molecule has 0 saturated heterocycles. The van der Waals surface area contributed by atoms with E-state index in [4.69, 9.17) is 0 Å². The molecule has 134 valence electrons. The molecule has 0 bridgehead atoms. The molecule has 2 N–H and O–H groups in total. The summed E-state index contributed by atoms with van der Waals surface area (Å²) >= 11 is 2.86. The molecule has 3 aromatic heterocycles. The van der Waals surface area contributed by atoms with Gasteiger partial charge < -0.3 is 0 Å². The molecule has 0 fully saturated rings. The highest BCUT2D eigenvalue weighted by Gasteiger charge is 2.18. The number of hydrogen-bond acceptors (Lipinski definition) is 6. The molecule has 3 heterocycles. The van der Waals surface area contributed by atoms with Gasteiger partial charge in [-0.25, -0.2) is 9.97 Å². The third kappa shape index (κ3) is 3.57. The highest BCUT2D eigenvalue weighted by atomic mass is 32.1. The molecule has 6 nitrogen and oxygen atoms in total. The third-order valence-electron chi connectivity index (χ3n) is 3.86. The minimum atomic E-state index is -0.477. The van der Waals surface area contributed by atoms with Crippen LogP contribution in [0.25, 0.3) is 20.8 Å². The van der Waals surface area contributed by atoms with Gasteiger partial charge in [0.25, 0.3) is 11.8 Å². The molecule has 0 saturated carbocycles. The second-order valence-electron chi connectivity index (χ2n) is 5.71. The standard InChI is InChI=1S/C19H14N4O2S2/c1-11-16(27-19(20-11)15-7-4-10-26-15)18(25)23-22-17(24)14-9-8-12-5-2-3-6-13(12)21-14/h2-10H,1H3,(H,22,24)(H,23,25). The number of nitrogens with zero attached hydrogens (tertiary/aromatic N) is 2. The smallest absolute Gasteiger partial charge is 0.266 e. The first kappa shape index (κ1) is 17.3. The van der Waals surface area contributed by atoms with E-state index in [0.717, 1.165) is 20.8 Å². The lowest BCUT2D eigenvalue weighted by molar-refractivity contribution is 0.0846. The van der Waals surface area contributed by atoms with Crippen molar-refractivity contribution in [3.05, 3.63) is 70.2 Å². The number of carbonyl (C=O) groups is 2. The first-order valence-corrected chi connectivity index (χ1v) is 9.79. The Kier molecular flexibility index (Phi) is 4.66. The zero-order chi connectivity index (χ0) is 18.8. The molecule has 0 atom stereocenters. The zero-order valence-corrected chi connectivity index (χ0v) is 15.9. The van der Waals surface area contributed by atoms with Crippen LogP contribution in [0.4, 0.5) is 0 Å². The highest BCUT2D eigenvalue weighted by Crippen LogP contribution is 2.30. The summed E-state index contributed by atoms with van der Waals surface area (Å²) in [7, 11) is 0. The van der Waals surface area contributed by atoms with Crippen molar-refractivity contribution < 1.29 is 9.59 Å². The minimum absolute atomic E-state index is 0.231. The van der Waals surface area contributed by atoms with E-state index < -0.39 is 11.8 Å². The molecule has 8 heteroatoms. The van der Waals surface area contributed by atoms with Crippen LogP contribution in [-0.4, -0.2) is 21.8 Å². The van der Waals surface area contributed by atoms with Crippen molar-refractivity contribution >= 4 is 45.4 Å². The molecular formula is C19H14N4O2S2. The van der Waals surface area contributed by atoms with E-state index in [2.05, 4.69) is 20.8 Å². The SMILES string of the molecule is Cc1nc(-c2cccs2)sc1C(=O)NNC(=O)c1ccc2ccccc2n1. The molecular weight excluding hydrogens is 380 g/mol. The van der Waals surface area contributed by atoms with E-state index in [1.807, 2.05) is 47.8 Å². The number of aryl methyl sites for hydroxylation is 1. The van der Waals surface area contributed by atoms with Crippen LogP contribution in [-0.2, 0) is 0 Å². The van der Waals surface area contributed by atoms with Crippen LogP contribution in [0, 0.1) is 6.92 Å². The summed E-state index contributed by atoms with van der Waals surface area (Å²) in [6, 6.07) is 14.9. The number of benzene rings is 1. The van der Waals surface area contributed by atoms with Crippen molar-refractivity contribution in [3.8, 4) is 9.88 Å². The maximum atomic E-state index is 12.4. The number of aromatic nitrogens is 2. The van der Waals surface area contributed by atoms with Crippen molar-refractivity contribution in [2.45, 2.75) is 6.92 Å². The molecule has 0 unspecified atom stereocenters. The van der Waals surface area contributed by atoms with Crippen LogP contribution in [0.2, 0.25) is 0 Å². The van der Waals surface area contributed by atoms with E-state index >= 15 is 0 Å². The van der Waals surface area contributed by atoms with Gasteiger partial charge in [-0.2, -0.15) is 0 Å². The first-order valence-electron chi connectivity index (χ1n) is 8.09. The number of nitrogens with one attached hydrogen (secondary N) is 2. The fourth-order valence-electron chi connectivity index (χ4n) is 2.54. The lowest BCUT2D eigenvalue weighted by atomic mass is 10.2. The highest BCUT2D eigenvalue weighted by molar-refractivity contribution is 7.22. The van der Waals surface area contributed by atoms with Crippen molar-refractivity contribution in [2.24, 2.45) is 0 Å². The third-order valence-corrected chi connectivity index (χ3v) is 6.05. The van der Waals surface area contributed by atoms with Gasteiger partial charge in [0.1, 0.15) is 15.6 Å². The Morgan fingerprint density at radius 2 is 1.74 bits per heavy atom. The monoisotopic (exact) mass is 394 g/mol. The maximum absolute atomic E-state index is 12.4. The van der Waals surface area contributed by atoms with Gasteiger partial charge in [0, 0.05) is 5.39 Å². The van der Waals surface area contributed by atoms with Gasteiger partial charge >= 0.3 is 0 Å². The van der Waals surface area contributed by atoms with Crippen molar-refractivity contribution in [2.75, 3.05) is 0 Å². The predicted molar refractivity (Wildman–Crippen MR) is 107 cm³/mol. The summed E-state index contributed by atoms with van der Waals surface area (Å²) in [5.74, 6) is -0.878. The summed E-state index contributed by atoms with van der Waals surface area (Å²) in [4.78, 5) is 34.9. The molecule has 1 aromatic carbocycles. The number of para-hydroxylation sites is 1. The van der Waals surface area contributed by atoms with E-state index in [1.54, 1.807) is 24.3 Å². The first-order chi connectivity index (χ1) is 13.1. The normalized spacial score (nSPS) is 10.7.